The number of carboxylic acids is 1. The van der Waals surface area contributed by atoms with Gasteiger partial charge in [-0.05, 0) is 26.3 Å². The molecular formula is C12H18N4O2. The zero-order valence-corrected chi connectivity index (χ0v) is 10.7. The first-order valence-electron chi connectivity index (χ1n) is 5.93. The number of hydrogen-bond donors (Lipinski definition) is 1. The van der Waals surface area contributed by atoms with Gasteiger partial charge in [-0.25, -0.2) is 0 Å². The Morgan fingerprint density at radius 1 is 1.67 bits per heavy atom. The predicted molar refractivity (Wildman–Crippen MR) is 65.5 cm³/mol. The molecule has 6 nitrogen and oxygen atoms in total. The summed E-state index contributed by atoms with van der Waals surface area (Å²) in [4.78, 5) is 12.0. The Morgan fingerprint density at radius 3 is 2.94 bits per heavy atom. The second-order valence-corrected chi connectivity index (χ2v) is 4.38. The Morgan fingerprint density at radius 2 is 2.39 bits per heavy atom. The smallest absolute Gasteiger partial charge is 0.303 e. The molecule has 6 heteroatoms. The van der Waals surface area contributed by atoms with Gasteiger partial charge in [0.05, 0.1) is 12.2 Å². The van der Waals surface area contributed by atoms with Crippen LogP contribution in [0.2, 0.25) is 0 Å². The van der Waals surface area contributed by atoms with Gasteiger partial charge in [-0.3, -0.25) is 9.48 Å². The summed E-state index contributed by atoms with van der Waals surface area (Å²) in [6.07, 6.45) is 4.35. The molecule has 1 heterocycles. The van der Waals surface area contributed by atoms with Gasteiger partial charge in [-0.2, -0.15) is 10.4 Å². The Bertz CT molecular complexity index is 434. The molecule has 0 bridgehead atoms. The fraction of sp³-hybridized carbons (Fsp3) is 0.583. The third-order valence-corrected chi connectivity index (χ3v) is 2.55. The highest BCUT2D eigenvalue weighted by Crippen LogP contribution is 2.10. The Hall–Kier alpha value is -2.03. The molecule has 0 atom stereocenters. The van der Waals surface area contributed by atoms with Crippen LogP contribution in [0.15, 0.2) is 12.3 Å². The highest BCUT2D eigenvalue weighted by Gasteiger charge is 2.10. The molecule has 1 aromatic heterocycles. The van der Waals surface area contributed by atoms with Crippen LogP contribution in [0.4, 0.5) is 0 Å². The third-order valence-electron chi connectivity index (χ3n) is 2.55. The number of nitrogens with zero attached hydrogens (tertiary/aromatic N) is 4. The van der Waals surface area contributed by atoms with E-state index in [1.54, 1.807) is 11.1 Å². The lowest BCUT2D eigenvalue weighted by atomic mass is 10.3. The SMILES string of the molecule is CC(C)n1nccc1CN(C#N)CCCC(=O)O. The van der Waals surface area contributed by atoms with Crippen molar-refractivity contribution in [3.05, 3.63) is 18.0 Å². The van der Waals surface area contributed by atoms with E-state index in [1.165, 1.54) is 0 Å². The van der Waals surface area contributed by atoms with Crippen LogP contribution in [0, 0.1) is 11.5 Å². The minimum atomic E-state index is -0.833. The van der Waals surface area contributed by atoms with Crippen molar-refractivity contribution in [1.82, 2.24) is 14.7 Å². The zero-order chi connectivity index (χ0) is 13.5. The average molecular weight is 250 g/mol. The van der Waals surface area contributed by atoms with Gasteiger partial charge in [0.2, 0.25) is 0 Å². The Balaban J connectivity index is 2.55. The summed E-state index contributed by atoms with van der Waals surface area (Å²) < 4.78 is 1.86. The number of aromatic nitrogens is 2. The van der Waals surface area contributed by atoms with Crippen molar-refractivity contribution in [3.63, 3.8) is 0 Å². The van der Waals surface area contributed by atoms with Crippen molar-refractivity contribution in [2.24, 2.45) is 0 Å². The predicted octanol–water partition coefficient (Wildman–Crippen LogP) is 1.61. The van der Waals surface area contributed by atoms with Crippen molar-refractivity contribution >= 4 is 5.97 Å². The van der Waals surface area contributed by atoms with E-state index in [-0.39, 0.29) is 12.5 Å². The first-order valence-corrected chi connectivity index (χ1v) is 5.93. The zero-order valence-electron chi connectivity index (χ0n) is 10.7. The maximum Gasteiger partial charge on any atom is 0.303 e. The first-order chi connectivity index (χ1) is 8.54. The van der Waals surface area contributed by atoms with Gasteiger partial charge in [-0.15, -0.1) is 0 Å². The number of carboxylic acid groups (broad SMARTS) is 1. The molecule has 0 saturated heterocycles. The molecule has 0 unspecified atom stereocenters. The molecule has 0 aliphatic rings. The van der Waals surface area contributed by atoms with Crippen molar-refractivity contribution in [3.8, 4) is 6.19 Å². The summed E-state index contributed by atoms with van der Waals surface area (Å²) in [5.74, 6) is -0.833. The Kier molecular flexibility index (Phi) is 5.18. The highest BCUT2D eigenvalue weighted by atomic mass is 16.4. The van der Waals surface area contributed by atoms with Crippen LogP contribution in [0.25, 0.3) is 0 Å². The molecule has 98 valence electrons. The molecule has 18 heavy (non-hydrogen) atoms. The molecular weight excluding hydrogens is 232 g/mol. The number of rotatable bonds is 7. The fourth-order valence-corrected chi connectivity index (χ4v) is 1.71. The topological polar surface area (TPSA) is 82.2 Å². The van der Waals surface area contributed by atoms with Crippen LogP contribution in [0.1, 0.15) is 38.4 Å². The lowest BCUT2D eigenvalue weighted by Gasteiger charge is -2.17. The van der Waals surface area contributed by atoms with Crippen LogP contribution >= 0.6 is 0 Å². The molecule has 0 fully saturated rings. The molecule has 0 spiro atoms. The summed E-state index contributed by atoms with van der Waals surface area (Å²) in [5.41, 5.74) is 0.960. The fourth-order valence-electron chi connectivity index (χ4n) is 1.71. The average Bonchev–Trinajstić information content (AvgIpc) is 2.75. The van der Waals surface area contributed by atoms with Crippen molar-refractivity contribution in [1.29, 1.82) is 5.26 Å². The number of carbonyl (C=O) groups is 1. The molecule has 1 aromatic rings. The summed E-state index contributed by atoms with van der Waals surface area (Å²) in [7, 11) is 0. The van der Waals surface area contributed by atoms with E-state index in [1.807, 2.05) is 24.6 Å². The largest absolute Gasteiger partial charge is 0.481 e. The van der Waals surface area contributed by atoms with E-state index < -0.39 is 5.97 Å². The van der Waals surface area contributed by atoms with Gasteiger partial charge < -0.3 is 10.0 Å². The molecule has 1 N–H and O–H groups in total. The second kappa shape index (κ2) is 6.64. The summed E-state index contributed by atoms with van der Waals surface area (Å²) in [6.45, 7) is 4.97. The number of hydrogen-bond acceptors (Lipinski definition) is 4. The second-order valence-electron chi connectivity index (χ2n) is 4.38. The van der Waals surface area contributed by atoms with Crippen LogP contribution in [-0.4, -0.2) is 32.3 Å². The van der Waals surface area contributed by atoms with Crippen LogP contribution < -0.4 is 0 Å². The van der Waals surface area contributed by atoms with Crippen LogP contribution in [-0.2, 0) is 11.3 Å². The van der Waals surface area contributed by atoms with Gasteiger partial charge in [0.1, 0.15) is 0 Å². The maximum absolute atomic E-state index is 10.4. The molecule has 1 rings (SSSR count). The number of aliphatic carboxylic acids is 1. The number of nitriles is 1. The van der Waals surface area contributed by atoms with Crippen LogP contribution in [0.3, 0.4) is 0 Å². The molecule has 0 radical (unpaired) electrons. The van der Waals surface area contributed by atoms with Gasteiger partial charge in [0.25, 0.3) is 0 Å². The van der Waals surface area contributed by atoms with E-state index >= 15 is 0 Å². The quantitative estimate of drug-likeness (QED) is 0.587. The van der Waals surface area contributed by atoms with Crippen molar-refractivity contribution in [2.75, 3.05) is 6.54 Å². The third kappa shape index (κ3) is 4.09. The molecule has 0 aromatic carbocycles. The summed E-state index contributed by atoms with van der Waals surface area (Å²) in [5, 5.41) is 21.8. The lowest BCUT2D eigenvalue weighted by Crippen LogP contribution is -2.22. The minimum absolute atomic E-state index is 0.0849. The van der Waals surface area contributed by atoms with Gasteiger partial charge in [-0.1, -0.05) is 0 Å². The minimum Gasteiger partial charge on any atom is -0.481 e. The van der Waals surface area contributed by atoms with Gasteiger partial charge >= 0.3 is 5.97 Å². The first kappa shape index (κ1) is 14.0. The standard InChI is InChI=1S/C12H18N4O2/c1-10(2)16-11(5-6-14-16)8-15(9-13)7-3-4-12(17)18/h5-6,10H,3-4,7-8H2,1-2H3,(H,17,18). The summed E-state index contributed by atoms with van der Waals surface area (Å²) in [6, 6.07) is 2.12. The van der Waals surface area contributed by atoms with Crippen molar-refractivity contribution < 1.29 is 9.90 Å². The van der Waals surface area contributed by atoms with E-state index in [2.05, 4.69) is 11.3 Å². The molecule has 0 amide bonds. The lowest BCUT2D eigenvalue weighted by molar-refractivity contribution is -0.137. The van der Waals surface area contributed by atoms with E-state index in [4.69, 9.17) is 10.4 Å². The molecule has 0 saturated carbocycles. The monoisotopic (exact) mass is 250 g/mol. The van der Waals surface area contributed by atoms with E-state index in [0.29, 0.717) is 19.5 Å². The van der Waals surface area contributed by atoms with Gasteiger partial charge in [0, 0.05) is 25.2 Å². The maximum atomic E-state index is 10.4. The van der Waals surface area contributed by atoms with E-state index in [0.717, 1.165) is 5.69 Å². The van der Waals surface area contributed by atoms with Crippen LogP contribution in [0.5, 0.6) is 0 Å². The normalized spacial score (nSPS) is 10.3. The highest BCUT2D eigenvalue weighted by molar-refractivity contribution is 5.66. The van der Waals surface area contributed by atoms with E-state index in [9.17, 15) is 4.79 Å². The van der Waals surface area contributed by atoms with Gasteiger partial charge in [0.15, 0.2) is 6.19 Å². The molecule has 0 aliphatic heterocycles. The van der Waals surface area contributed by atoms with Crippen molar-refractivity contribution in [2.45, 2.75) is 39.3 Å². The molecule has 0 aliphatic carbocycles. The Labute approximate surface area is 106 Å². The summed E-state index contributed by atoms with van der Waals surface area (Å²) >= 11 is 0.